The molecule has 20 heavy (non-hydrogen) atoms. The van der Waals surface area contributed by atoms with Crippen molar-refractivity contribution in [3.8, 4) is 0 Å². The van der Waals surface area contributed by atoms with Gasteiger partial charge in [0.05, 0.1) is 16.8 Å². The Bertz CT molecular complexity index is 657. The molecule has 2 aromatic rings. The Morgan fingerprint density at radius 3 is 2.50 bits per heavy atom. The lowest BCUT2D eigenvalue weighted by Gasteiger charge is -1.98. The molecule has 0 aliphatic carbocycles. The van der Waals surface area contributed by atoms with Crippen molar-refractivity contribution in [2.24, 2.45) is 5.16 Å². The van der Waals surface area contributed by atoms with Gasteiger partial charge in [0, 0.05) is 5.02 Å². The highest BCUT2D eigenvalue weighted by Gasteiger charge is 2.06. The molecule has 0 amide bonds. The summed E-state index contributed by atoms with van der Waals surface area (Å²) in [5, 5.41) is 4.01. The van der Waals surface area contributed by atoms with E-state index in [4.69, 9.17) is 28.0 Å². The standard InChI is InChI=1S/C14H8Cl2FNO2/c15-11-4-2-10(3-5-11)14(19)20-18-8-9-1-6-13(17)12(16)7-9/h1-8H/b18-8+. The predicted octanol–water partition coefficient (Wildman–Crippen LogP) is 4.32. The highest BCUT2D eigenvalue weighted by molar-refractivity contribution is 6.31. The van der Waals surface area contributed by atoms with Crippen molar-refractivity contribution in [1.29, 1.82) is 0 Å². The van der Waals surface area contributed by atoms with Gasteiger partial charge in [-0.3, -0.25) is 0 Å². The molecule has 3 nitrogen and oxygen atoms in total. The van der Waals surface area contributed by atoms with Gasteiger partial charge in [-0.1, -0.05) is 34.4 Å². The minimum atomic E-state index is -0.619. The van der Waals surface area contributed by atoms with Gasteiger partial charge >= 0.3 is 5.97 Å². The lowest BCUT2D eigenvalue weighted by Crippen LogP contribution is -2.00. The highest BCUT2D eigenvalue weighted by atomic mass is 35.5. The van der Waals surface area contributed by atoms with Crippen LogP contribution in [0.25, 0.3) is 0 Å². The van der Waals surface area contributed by atoms with Gasteiger partial charge in [-0.2, -0.15) is 0 Å². The molecule has 0 spiro atoms. The third kappa shape index (κ3) is 3.79. The number of carbonyl (C=O) groups excluding carboxylic acids is 1. The summed E-state index contributed by atoms with van der Waals surface area (Å²) in [7, 11) is 0. The molecule has 0 N–H and O–H groups in total. The fourth-order valence-corrected chi connectivity index (χ4v) is 1.68. The molecule has 2 rings (SSSR count). The second-order valence-electron chi connectivity index (χ2n) is 3.79. The van der Waals surface area contributed by atoms with E-state index in [1.54, 1.807) is 12.1 Å². The van der Waals surface area contributed by atoms with Crippen molar-refractivity contribution in [3.63, 3.8) is 0 Å². The third-order valence-corrected chi connectivity index (χ3v) is 2.90. The molecule has 0 aliphatic rings. The van der Waals surface area contributed by atoms with Crippen molar-refractivity contribution in [2.75, 3.05) is 0 Å². The molecule has 0 saturated heterocycles. The lowest BCUT2D eigenvalue weighted by atomic mass is 10.2. The quantitative estimate of drug-likeness (QED) is 0.481. The zero-order valence-corrected chi connectivity index (χ0v) is 11.5. The van der Waals surface area contributed by atoms with Gasteiger partial charge in [-0.15, -0.1) is 0 Å². The van der Waals surface area contributed by atoms with E-state index in [2.05, 4.69) is 5.16 Å². The molecular formula is C14H8Cl2FNO2. The van der Waals surface area contributed by atoms with Crippen molar-refractivity contribution < 1.29 is 14.0 Å². The smallest absolute Gasteiger partial charge is 0.313 e. The summed E-state index contributed by atoms with van der Waals surface area (Å²) in [6, 6.07) is 10.2. The fourth-order valence-electron chi connectivity index (χ4n) is 1.37. The van der Waals surface area contributed by atoms with Crippen molar-refractivity contribution in [3.05, 3.63) is 69.5 Å². The Balaban J connectivity index is 2.00. The Labute approximate surface area is 124 Å². The number of halogens is 3. The van der Waals surface area contributed by atoms with E-state index in [0.717, 1.165) is 0 Å². The van der Waals surface area contributed by atoms with Gasteiger partial charge in [0.15, 0.2) is 0 Å². The minimum Gasteiger partial charge on any atom is -0.313 e. The highest BCUT2D eigenvalue weighted by Crippen LogP contribution is 2.15. The SMILES string of the molecule is O=C(O/N=C/c1ccc(F)c(Cl)c1)c1ccc(Cl)cc1. The summed E-state index contributed by atoms with van der Waals surface area (Å²) in [5.74, 6) is -1.15. The van der Waals surface area contributed by atoms with Crippen LogP contribution in [-0.2, 0) is 4.84 Å². The van der Waals surface area contributed by atoms with Crippen LogP contribution in [0.2, 0.25) is 10.0 Å². The van der Waals surface area contributed by atoms with Gasteiger partial charge in [0.2, 0.25) is 0 Å². The van der Waals surface area contributed by atoms with E-state index in [9.17, 15) is 9.18 Å². The summed E-state index contributed by atoms with van der Waals surface area (Å²) < 4.78 is 12.9. The zero-order valence-electron chi connectivity index (χ0n) is 10.0. The van der Waals surface area contributed by atoms with Crippen LogP contribution in [0.5, 0.6) is 0 Å². The second-order valence-corrected chi connectivity index (χ2v) is 4.64. The third-order valence-electron chi connectivity index (χ3n) is 2.36. The number of hydrogen-bond donors (Lipinski definition) is 0. The summed E-state index contributed by atoms with van der Waals surface area (Å²) in [6.45, 7) is 0. The largest absolute Gasteiger partial charge is 0.365 e. The van der Waals surface area contributed by atoms with Crippen molar-refractivity contribution >= 4 is 35.4 Å². The molecule has 0 aliphatic heterocycles. The van der Waals surface area contributed by atoms with Crippen molar-refractivity contribution in [1.82, 2.24) is 0 Å². The maximum atomic E-state index is 12.9. The Kier molecular flexibility index (Phi) is 4.71. The molecule has 0 unspecified atom stereocenters. The van der Waals surface area contributed by atoms with Crippen LogP contribution in [0.4, 0.5) is 4.39 Å². The van der Waals surface area contributed by atoms with E-state index in [0.29, 0.717) is 16.1 Å². The van der Waals surface area contributed by atoms with Gasteiger partial charge in [0.25, 0.3) is 0 Å². The number of nitrogens with zero attached hydrogens (tertiary/aromatic N) is 1. The molecule has 0 fully saturated rings. The molecule has 102 valence electrons. The summed E-state index contributed by atoms with van der Waals surface area (Å²) in [4.78, 5) is 16.3. The zero-order chi connectivity index (χ0) is 14.5. The van der Waals surface area contributed by atoms with Crippen molar-refractivity contribution in [2.45, 2.75) is 0 Å². The van der Waals surface area contributed by atoms with Crippen LogP contribution < -0.4 is 0 Å². The maximum absolute atomic E-state index is 12.9. The Morgan fingerprint density at radius 1 is 1.15 bits per heavy atom. The maximum Gasteiger partial charge on any atom is 0.365 e. The number of carbonyl (C=O) groups is 1. The first kappa shape index (κ1) is 14.5. The van der Waals surface area contributed by atoms with E-state index < -0.39 is 11.8 Å². The van der Waals surface area contributed by atoms with Gasteiger partial charge in [0.1, 0.15) is 5.82 Å². The van der Waals surface area contributed by atoms with E-state index in [-0.39, 0.29) is 5.02 Å². The predicted molar refractivity (Wildman–Crippen MR) is 75.9 cm³/mol. The Morgan fingerprint density at radius 2 is 1.85 bits per heavy atom. The first-order chi connectivity index (χ1) is 9.56. The molecule has 0 saturated carbocycles. The Hall–Kier alpha value is -1.91. The van der Waals surface area contributed by atoms with Crippen LogP contribution in [0.3, 0.4) is 0 Å². The molecule has 0 heterocycles. The molecule has 0 atom stereocenters. The van der Waals surface area contributed by atoms with E-state index in [1.165, 1.54) is 36.5 Å². The molecule has 2 aromatic carbocycles. The molecule has 0 bridgehead atoms. The topological polar surface area (TPSA) is 38.7 Å². The first-order valence-corrected chi connectivity index (χ1v) is 6.27. The van der Waals surface area contributed by atoms with Crippen LogP contribution in [0, 0.1) is 5.82 Å². The fraction of sp³-hybridized carbons (Fsp3) is 0. The van der Waals surface area contributed by atoms with Crippen LogP contribution in [0.15, 0.2) is 47.6 Å². The normalized spacial score (nSPS) is 10.8. The van der Waals surface area contributed by atoms with Crippen LogP contribution >= 0.6 is 23.2 Å². The number of benzene rings is 2. The van der Waals surface area contributed by atoms with Gasteiger partial charge in [-0.25, -0.2) is 9.18 Å². The molecule has 6 heteroatoms. The molecular weight excluding hydrogens is 304 g/mol. The number of oxime groups is 1. The van der Waals surface area contributed by atoms with Gasteiger partial charge < -0.3 is 4.84 Å². The summed E-state index contributed by atoms with van der Waals surface area (Å²) >= 11 is 11.3. The van der Waals surface area contributed by atoms with Crippen LogP contribution in [-0.4, -0.2) is 12.2 Å². The van der Waals surface area contributed by atoms with Gasteiger partial charge in [-0.05, 0) is 42.0 Å². The second kappa shape index (κ2) is 6.50. The first-order valence-electron chi connectivity index (χ1n) is 5.51. The number of hydrogen-bond acceptors (Lipinski definition) is 3. The van der Waals surface area contributed by atoms with E-state index in [1.807, 2.05) is 0 Å². The number of rotatable bonds is 3. The lowest BCUT2D eigenvalue weighted by molar-refractivity contribution is 0.0519. The van der Waals surface area contributed by atoms with E-state index >= 15 is 0 Å². The summed E-state index contributed by atoms with van der Waals surface area (Å²) in [5.41, 5.74) is 0.837. The average Bonchev–Trinajstić information content (AvgIpc) is 2.43. The van der Waals surface area contributed by atoms with Crippen LogP contribution in [0.1, 0.15) is 15.9 Å². The molecule has 0 aromatic heterocycles. The average molecular weight is 312 g/mol. The minimum absolute atomic E-state index is 0.0297. The summed E-state index contributed by atoms with van der Waals surface area (Å²) in [6.07, 6.45) is 1.26. The molecule has 0 radical (unpaired) electrons. The monoisotopic (exact) mass is 311 g/mol.